The fourth-order valence-electron chi connectivity index (χ4n) is 8.43. The van der Waals surface area contributed by atoms with Gasteiger partial charge in [0.05, 0.1) is 13.2 Å². The van der Waals surface area contributed by atoms with Gasteiger partial charge in [-0.3, -0.25) is 18.6 Å². The summed E-state index contributed by atoms with van der Waals surface area (Å²) in [6.07, 6.45) is 65.1. The van der Waals surface area contributed by atoms with Crippen molar-refractivity contribution in [2.75, 3.05) is 26.4 Å². The number of ether oxygens (including phenoxy) is 2. The summed E-state index contributed by atoms with van der Waals surface area (Å²) < 4.78 is 32.9. The molecule has 0 saturated heterocycles. The van der Waals surface area contributed by atoms with Crippen molar-refractivity contribution in [1.82, 2.24) is 0 Å². The third-order valence-electron chi connectivity index (χ3n) is 12.7. The average Bonchev–Trinajstić information content (AvgIpc) is 3.33. The fraction of sp³-hybridized carbons (Fsp3) is 0.862. The molecule has 0 aliphatic carbocycles. The number of esters is 2. The highest BCUT2D eigenvalue weighted by Crippen LogP contribution is 2.43. The SMILES string of the molecule is CCCCC/C=C\CCCCCCCC(=O)OCC(COP(=O)(O)OCCN)OC(=O)CCCCCCCCCCCCCCCCCCCCCCCCC/C=C\C/C=C\CCCCCCC. The minimum absolute atomic E-state index is 0.0540. The van der Waals surface area contributed by atoms with Crippen LogP contribution in [0.4, 0.5) is 0 Å². The number of nitrogens with two attached hydrogens (primary N) is 1. The van der Waals surface area contributed by atoms with Crippen molar-refractivity contribution in [2.45, 2.75) is 296 Å². The van der Waals surface area contributed by atoms with Crippen molar-refractivity contribution < 1.29 is 37.6 Å². The molecule has 2 unspecified atom stereocenters. The number of carbonyl (C=O) groups is 2. The molecule has 9 nitrogen and oxygen atoms in total. The summed E-state index contributed by atoms with van der Waals surface area (Å²) in [5.74, 6) is -0.827. The summed E-state index contributed by atoms with van der Waals surface area (Å²) in [5.41, 5.74) is 5.37. The van der Waals surface area contributed by atoms with E-state index < -0.39 is 26.5 Å². The molecule has 0 aromatic rings. The molecule has 0 aliphatic heterocycles. The van der Waals surface area contributed by atoms with Gasteiger partial charge in [0.1, 0.15) is 6.61 Å². The maximum Gasteiger partial charge on any atom is 0.472 e. The van der Waals surface area contributed by atoms with Crippen LogP contribution in [-0.2, 0) is 32.7 Å². The van der Waals surface area contributed by atoms with Gasteiger partial charge in [0.2, 0.25) is 0 Å². The molecular weight excluding hydrogens is 870 g/mol. The van der Waals surface area contributed by atoms with Crippen molar-refractivity contribution in [3.05, 3.63) is 36.5 Å². The van der Waals surface area contributed by atoms with Gasteiger partial charge in [-0.25, -0.2) is 4.57 Å². The normalized spacial score (nSPS) is 13.3. The molecule has 400 valence electrons. The fourth-order valence-corrected chi connectivity index (χ4v) is 9.19. The molecule has 0 spiro atoms. The first-order chi connectivity index (χ1) is 33.3. The Hall–Kier alpha value is -1.77. The van der Waals surface area contributed by atoms with Gasteiger partial charge in [-0.1, -0.05) is 243 Å². The van der Waals surface area contributed by atoms with Gasteiger partial charge in [0.25, 0.3) is 0 Å². The molecule has 68 heavy (non-hydrogen) atoms. The molecule has 0 rings (SSSR count). The summed E-state index contributed by atoms with van der Waals surface area (Å²) in [6, 6.07) is 0. The molecule has 0 aliphatic rings. The third kappa shape index (κ3) is 53.6. The first kappa shape index (κ1) is 66.2. The number of phosphoric acid groups is 1. The van der Waals surface area contributed by atoms with E-state index in [0.717, 1.165) is 57.8 Å². The Morgan fingerprint density at radius 3 is 1.16 bits per heavy atom. The lowest BCUT2D eigenvalue weighted by atomic mass is 10.0. The van der Waals surface area contributed by atoms with Crippen LogP contribution in [0.25, 0.3) is 0 Å². The van der Waals surface area contributed by atoms with E-state index in [1.165, 1.54) is 199 Å². The molecule has 0 bridgehead atoms. The first-order valence-corrected chi connectivity index (χ1v) is 30.5. The van der Waals surface area contributed by atoms with Crippen molar-refractivity contribution in [3.63, 3.8) is 0 Å². The van der Waals surface area contributed by atoms with E-state index in [2.05, 4.69) is 50.3 Å². The summed E-state index contributed by atoms with van der Waals surface area (Å²) in [7, 11) is -4.38. The monoisotopic (exact) mass is 980 g/mol. The Kier molecular flexibility index (Phi) is 53.1. The van der Waals surface area contributed by atoms with Crippen molar-refractivity contribution in [3.8, 4) is 0 Å². The van der Waals surface area contributed by atoms with E-state index in [9.17, 15) is 19.0 Å². The Bertz CT molecular complexity index is 1210. The van der Waals surface area contributed by atoms with Gasteiger partial charge in [-0.15, -0.1) is 0 Å². The first-order valence-electron chi connectivity index (χ1n) is 29.0. The standard InChI is InChI=1S/C58H110NO8P/c1-3-5-7-9-11-13-15-17-18-19-20-21-22-23-24-25-26-27-28-29-30-31-32-33-34-35-36-37-38-39-41-43-45-47-49-51-58(61)67-56(55-66-68(62,63)65-53-52-59)54-64-57(60)50-48-46-44-42-40-16-14-12-10-8-6-4-2/h12,14-15,17,19-20,56H,3-11,13,16,18,21-55,59H2,1-2H3,(H,62,63)/b14-12-,17-15-,20-19-. The van der Waals surface area contributed by atoms with Gasteiger partial charge in [0, 0.05) is 19.4 Å². The average molecular weight is 980 g/mol. The number of allylic oxidation sites excluding steroid dienone is 6. The highest BCUT2D eigenvalue weighted by Gasteiger charge is 2.26. The summed E-state index contributed by atoms with van der Waals surface area (Å²) in [6.45, 7) is 3.73. The summed E-state index contributed by atoms with van der Waals surface area (Å²) in [4.78, 5) is 35.0. The number of unbranched alkanes of at least 4 members (excludes halogenated alkanes) is 36. The molecule has 10 heteroatoms. The predicted molar refractivity (Wildman–Crippen MR) is 289 cm³/mol. The van der Waals surface area contributed by atoms with Crippen LogP contribution in [0.1, 0.15) is 290 Å². The van der Waals surface area contributed by atoms with E-state index in [1.807, 2.05) is 0 Å². The zero-order chi connectivity index (χ0) is 49.5. The van der Waals surface area contributed by atoms with Crippen molar-refractivity contribution in [2.24, 2.45) is 5.73 Å². The molecule has 0 amide bonds. The number of hydrogen-bond acceptors (Lipinski definition) is 8. The van der Waals surface area contributed by atoms with Crippen LogP contribution >= 0.6 is 7.82 Å². The second kappa shape index (κ2) is 54.6. The summed E-state index contributed by atoms with van der Waals surface area (Å²) in [5, 5.41) is 0. The lowest BCUT2D eigenvalue weighted by Gasteiger charge is -2.19. The third-order valence-corrected chi connectivity index (χ3v) is 13.7. The maximum absolute atomic E-state index is 12.7. The highest BCUT2D eigenvalue weighted by atomic mass is 31.2. The van der Waals surface area contributed by atoms with Gasteiger partial charge < -0.3 is 20.1 Å². The van der Waals surface area contributed by atoms with Crippen LogP contribution in [0.3, 0.4) is 0 Å². The molecule has 3 N–H and O–H groups in total. The zero-order valence-electron chi connectivity index (χ0n) is 44.6. The summed E-state index contributed by atoms with van der Waals surface area (Å²) >= 11 is 0. The van der Waals surface area contributed by atoms with Crippen LogP contribution in [0.5, 0.6) is 0 Å². The minimum Gasteiger partial charge on any atom is -0.462 e. The minimum atomic E-state index is -4.38. The Morgan fingerprint density at radius 1 is 0.441 bits per heavy atom. The van der Waals surface area contributed by atoms with Crippen molar-refractivity contribution in [1.29, 1.82) is 0 Å². The zero-order valence-corrected chi connectivity index (χ0v) is 45.5. The molecule has 0 saturated carbocycles. The molecule has 0 radical (unpaired) electrons. The van der Waals surface area contributed by atoms with Crippen LogP contribution in [0.2, 0.25) is 0 Å². The number of hydrogen-bond donors (Lipinski definition) is 2. The van der Waals surface area contributed by atoms with E-state index in [0.29, 0.717) is 6.42 Å². The quantitative estimate of drug-likeness (QED) is 0.0264. The van der Waals surface area contributed by atoms with E-state index >= 15 is 0 Å². The van der Waals surface area contributed by atoms with Gasteiger partial charge >= 0.3 is 19.8 Å². The number of rotatable bonds is 55. The Balaban J connectivity index is 3.78. The van der Waals surface area contributed by atoms with Gasteiger partial charge in [-0.05, 0) is 70.6 Å². The topological polar surface area (TPSA) is 134 Å². The lowest BCUT2D eigenvalue weighted by molar-refractivity contribution is -0.161. The van der Waals surface area contributed by atoms with Gasteiger partial charge in [-0.2, -0.15) is 0 Å². The van der Waals surface area contributed by atoms with E-state index in [4.69, 9.17) is 24.3 Å². The van der Waals surface area contributed by atoms with Crippen LogP contribution < -0.4 is 5.73 Å². The predicted octanol–water partition coefficient (Wildman–Crippen LogP) is 18.0. The second-order valence-electron chi connectivity index (χ2n) is 19.5. The second-order valence-corrected chi connectivity index (χ2v) is 21.0. The van der Waals surface area contributed by atoms with Crippen LogP contribution in [0.15, 0.2) is 36.5 Å². The molecule has 0 heterocycles. The maximum atomic E-state index is 12.7. The van der Waals surface area contributed by atoms with E-state index in [-0.39, 0.29) is 38.6 Å². The van der Waals surface area contributed by atoms with Crippen molar-refractivity contribution >= 4 is 19.8 Å². The largest absolute Gasteiger partial charge is 0.472 e. The van der Waals surface area contributed by atoms with Crippen LogP contribution in [-0.4, -0.2) is 49.3 Å². The Morgan fingerprint density at radius 2 is 0.765 bits per heavy atom. The Labute approximate surface area is 420 Å². The molecule has 2 atom stereocenters. The molecule has 0 aromatic carbocycles. The smallest absolute Gasteiger partial charge is 0.462 e. The number of carbonyl (C=O) groups excluding carboxylic acids is 2. The van der Waals surface area contributed by atoms with Crippen LogP contribution in [0, 0.1) is 0 Å². The highest BCUT2D eigenvalue weighted by molar-refractivity contribution is 7.47. The van der Waals surface area contributed by atoms with E-state index in [1.54, 1.807) is 0 Å². The lowest BCUT2D eigenvalue weighted by Crippen LogP contribution is -2.29. The van der Waals surface area contributed by atoms with Gasteiger partial charge in [0.15, 0.2) is 6.10 Å². The molecule has 0 aromatic heterocycles. The molecule has 0 fully saturated rings. The molecular formula is C58H110NO8P. The number of phosphoric ester groups is 1.